The lowest BCUT2D eigenvalue weighted by Gasteiger charge is -2.15. The van der Waals surface area contributed by atoms with E-state index in [9.17, 15) is 4.79 Å². The van der Waals surface area contributed by atoms with E-state index in [1.165, 1.54) is 48.8 Å². The quantitative estimate of drug-likeness (QED) is 0.513. The molecule has 8 heteroatoms. The molecule has 3 aromatic rings. The summed E-state index contributed by atoms with van der Waals surface area (Å²) in [6.07, 6.45) is 4.25. The van der Waals surface area contributed by atoms with Gasteiger partial charge < -0.3 is 14.6 Å². The highest BCUT2D eigenvalue weighted by molar-refractivity contribution is 7.99. The highest BCUT2D eigenvalue weighted by atomic mass is 32.2. The molecule has 7 nitrogen and oxygen atoms in total. The van der Waals surface area contributed by atoms with E-state index in [0.29, 0.717) is 30.4 Å². The number of rotatable bonds is 9. The van der Waals surface area contributed by atoms with Gasteiger partial charge in [-0.1, -0.05) is 36.0 Å². The van der Waals surface area contributed by atoms with Crippen LogP contribution in [-0.2, 0) is 24.4 Å². The van der Waals surface area contributed by atoms with Gasteiger partial charge in [0.15, 0.2) is 16.7 Å². The number of amides is 1. The van der Waals surface area contributed by atoms with Crippen LogP contribution in [0.25, 0.3) is 11.6 Å². The summed E-state index contributed by atoms with van der Waals surface area (Å²) < 4.78 is 7.40. The first kappa shape index (κ1) is 20.7. The molecule has 1 fully saturated rings. The molecule has 0 radical (unpaired) electrons. The van der Waals surface area contributed by atoms with E-state index >= 15 is 0 Å². The van der Waals surface area contributed by atoms with Gasteiger partial charge in [-0.25, -0.2) is 0 Å². The lowest BCUT2D eigenvalue weighted by atomic mass is 10.1. The van der Waals surface area contributed by atoms with Crippen LogP contribution in [0.15, 0.2) is 52.2 Å². The van der Waals surface area contributed by atoms with Crippen molar-refractivity contribution in [2.75, 3.05) is 18.8 Å². The number of likely N-dealkylation sites (tertiary alicyclic amines) is 1. The minimum absolute atomic E-state index is 0.00600. The zero-order chi connectivity index (χ0) is 20.8. The van der Waals surface area contributed by atoms with E-state index in [1.54, 1.807) is 11.2 Å². The summed E-state index contributed by atoms with van der Waals surface area (Å²) in [5, 5.41) is 12.2. The van der Waals surface area contributed by atoms with E-state index in [2.05, 4.69) is 33.7 Å². The molecule has 1 aromatic carbocycles. The number of quaternary nitrogens is 1. The number of furan rings is 1. The molecule has 4 rings (SSSR count). The van der Waals surface area contributed by atoms with Crippen molar-refractivity contribution in [3.8, 4) is 11.6 Å². The lowest BCUT2D eigenvalue weighted by Crippen LogP contribution is -3.08. The molecule has 3 heterocycles. The molecule has 1 saturated heterocycles. The summed E-state index contributed by atoms with van der Waals surface area (Å²) in [5.74, 6) is 1.66. The largest absolute Gasteiger partial charge is 0.461 e. The third-order valence-corrected chi connectivity index (χ3v) is 6.42. The fourth-order valence-corrected chi connectivity index (χ4v) is 4.70. The molecule has 0 aliphatic carbocycles. The van der Waals surface area contributed by atoms with Gasteiger partial charge in [0.25, 0.3) is 0 Å². The van der Waals surface area contributed by atoms with Crippen LogP contribution in [0.4, 0.5) is 0 Å². The van der Waals surface area contributed by atoms with Gasteiger partial charge in [-0.3, -0.25) is 9.36 Å². The number of carbonyl (C=O) groups excluding carboxylic acids is 1. The molecule has 0 unspecified atom stereocenters. The number of hydrogen-bond donors (Lipinski definition) is 2. The average Bonchev–Trinajstić information content (AvgIpc) is 3.53. The SMILES string of the molecule is CCn1c(SCC(=O)NCc2ccccc2C[NH+]2CCCC2)nnc1-c1ccco1. The maximum absolute atomic E-state index is 12.5. The summed E-state index contributed by atoms with van der Waals surface area (Å²) in [6, 6.07) is 12.1. The Morgan fingerprint density at radius 1 is 1.17 bits per heavy atom. The van der Waals surface area contributed by atoms with Crippen LogP contribution in [0.5, 0.6) is 0 Å². The lowest BCUT2D eigenvalue weighted by molar-refractivity contribution is -0.901. The topological polar surface area (TPSA) is 77.4 Å². The number of carbonyl (C=O) groups is 1. The van der Waals surface area contributed by atoms with E-state index in [0.717, 1.165) is 11.7 Å². The second-order valence-electron chi connectivity index (χ2n) is 7.50. The Hall–Kier alpha value is -2.58. The van der Waals surface area contributed by atoms with Gasteiger partial charge in [-0.05, 0) is 24.6 Å². The molecule has 2 aromatic heterocycles. The summed E-state index contributed by atoms with van der Waals surface area (Å²) >= 11 is 1.39. The van der Waals surface area contributed by atoms with Crippen molar-refractivity contribution in [3.63, 3.8) is 0 Å². The molecule has 0 saturated carbocycles. The molecule has 0 spiro atoms. The fourth-order valence-electron chi connectivity index (χ4n) is 3.87. The maximum Gasteiger partial charge on any atom is 0.230 e. The van der Waals surface area contributed by atoms with Crippen molar-refractivity contribution < 1.29 is 14.1 Å². The van der Waals surface area contributed by atoms with Gasteiger partial charge in [0.05, 0.1) is 25.1 Å². The molecule has 2 N–H and O–H groups in total. The van der Waals surface area contributed by atoms with Gasteiger partial charge in [-0.2, -0.15) is 0 Å². The molecule has 1 aliphatic rings. The Morgan fingerprint density at radius 2 is 1.97 bits per heavy atom. The molecule has 0 atom stereocenters. The van der Waals surface area contributed by atoms with Gasteiger partial charge in [-0.15, -0.1) is 10.2 Å². The first-order chi connectivity index (χ1) is 14.7. The highest BCUT2D eigenvalue weighted by Crippen LogP contribution is 2.24. The van der Waals surface area contributed by atoms with Crippen LogP contribution in [0.1, 0.15) is 30.9 Å². The van der Waals surface area contributed by atoms with Crippen molar-refractivity contribution in [3.05, 3.63) is 53.8 Å². The van der Waals surface area contributed by atoms with Crippen LogP contribution in [0.2, 0.25) is 0 Å². The molecule has 1 amide bonds. The van der Waals surface area contributed by atoms with E-state index < -0.39 is 0 Å². The smallest absolute Gasteiger partial charge is 0.230 e. The van der Waals surface area contributed by atoms with Crippen LogP contribution in [-0.4, -0.2) is 39.5 Å². The monoisotopic (exact) mass is 426 g/mol. The van der Waals surface area contributed by atoms with Gasteiger partial charge >= 0.3 is 0 Å². The molecule has 158 valence electrons. The summed E-state index contributed by atoms with van der Waals surface area (Å²) in [5.41, 5.74) is 2.53. The highest BCUT2D eigenvalue weighted by Gasteiger charge is 2.18. The Bertz CT molecular complexity index is 964. The second-order valence-corrected chi connectivity index (χ2v) is 8.44. The Labute approximate surface area is 180 Å². The number of aromatic nitrogens is 3. The van der Waals surface area contributed by atoms with Crippen molar-refractivity contribution in [2.24, 2.45) is 0 Å². The van der Waals surface area contributed by atoms with E-state index in [1.807, 2.05) is 29.7 Å². The Balaban J connectivity index is 1.32. The van der Waals surface area contributed by atoms with Crippen molar-refractivity contribution in [2.45, 2.75) is 44.6 Å². The van der Waals surface area contributed by atoms with Crippen molar-refractivity contribution in [1.82, 2.24) is 20.1 Å². The van der Waals surface area contributed by atoms with Crippen molar-refractivity contribution >= 4 is 17.7 Å². The Morgan fingerprint density at radius 3 is 2.70 bits per heavy atom. The number of benzene rings is 1. The number of nitrogens with zero attached hydrogens (tertiary/aromatic N) is 3. The zero-order valence-electron chi connectivity index (χ0n) is 17.3. The van der Waals surface area contributed by atoms with E-state index in [4.69, 9.17) is 4.42 Å². The molecular weight excluding hydrogens is 398 g/mol. The van der Waals surface area contributed by atoms with Crippen LogP contribution in [0.3, 0.4) is 0 Å². The Kier molecular flexibility index (Phi) is 6.86. The summed E-state index contributed by atoms with van der Waals surface area (Å²) in [4.78, 5) is 14.1. The minimum atomic E-state index is -0.00600. The van der Waals surface area contributed by atoms with Gasteiger partial charge in [0, 0.05) is 31.5 Å². The summed E-state index contributed by atoms with van der Waals surface area (Å²) in [7, 11) is 0. The molecule has 1 aliphatic heterocycles. The second kappa shape index (κ2) is 9.95. The first-order valence-corrected chi connectivity index (χ1v) is 11.5. The molecule has 0 bridgehead atoms. The standard InChI is InChI=1S/C22H27N5O2S/c1-2-27-21(19-10-7-13-29-19)24-25-22(27)30-16-20(28)23-14-17-8-3-4-9-18(17)15-26-11-5-6-12-26/h3-4,7-10,13H,2,5-6,11-12,14-16H2,1H3,(H,23,28)/p+1. The minimum Gasteiger partial charge on any atom is -0.461 e. The van der Waals surface area contributed by atoms with Gasteiger partial charge in [0.1, 0.15) is 6.54 Å². The summed E-state index contributed by atoms with van der Waals surface area (Å²) in [6.45, 7) is 6.82. The number of hydrogen-bond acceptors (Lipinski definition) is 5. The predicted molar refractivity (Wildman–Crippen MR) is 116 cm³/mol. The van der Waals surface area contributed by atoms with E-state index in [-0.39, 0.29) is 5.91 Å². The number of nitrogens with one attached hydrogen (secondary N) is 2. The third kappa shape index (κ3) is 4.94. The van der Waals surface area contributed by atoms with Crippen molar-refractivity contribution in [1.29, 1.82) is 0 Å². The number of thioether (sulfide) groups is 1. The maximum atomic E-state index is 12.5. The van der Waals surface area contributed by atoms with Crippen LogP contribution < -0.4 is 10.2 Å². The third-order valence-electron chi connectivity index (χ3n) is 5.45. The van der Waals surface area contributed by atoms with Crippen LogP contribution in [0, 0.1) is 0 Å². The molecule has 30 heavy (non-hydrogen) atoms. The van der Waals surface area contributed by atoms with Gasteiger partial charge in [0.2, 0.25) is 5.91 Å². The first-order valence-electron chi connectivity index (χ1n) is 10.5. The normalized spacial score (nSPS) is 14.3. The predicted octanol–water partition coefficient (Wildman–Crippen LogP) is 2.15. The fraction of sp³-hybridized carbons (Fsp3) is 0.409. The zero-order valence-corrected chi connectivity index (χ0v) is 18.1. The average molecular weight is 427 g/mol. The molecular formula is C22H28N5O2S+. The van der Waals surface area contributed by atoms with Crippen LogP contribution >= 0.6 is 11.8 Å².